The third-order valence-corrected chi connectivity index (χ3v) is 4.35. The predicted molar refractivity (Wildman–Crippen MR) is 90.9 cm³/mol. The van der Waals surface area contributed by atoms with Crippen molar-refractivity contribution in [3.05, 3.63) is 36.2 Å². The second-order valence-corrected chi connectivity index (χ2v) is 6.05. The molecule has 1 amide bonds. The SMILES string of the molecule is COCCOCC1CCN(C(=O)c2cnc3ccccc3n2)CC1. The van der Waals surface area contributed by atoms with Gasteiger partial charge in [-0.1, -0.05) is 12.1 Å². The Morgan fingerprint density at radius 2 is 1.96 bits per heavy atom. The molecule has 0 atom stereocenters. The first-order valence-corrected chi connectivity index (χ1v) is 8.35. The van der Waals surface area contributed by atoms with E-state index < -0.39 is 0 Å². The number of fused-ring (bicyclic) bond motifs is 1. The minimum absolute atomic E-state index is 0.0352. The van der Waals surface area contributed by atoms with E-state index in [0.717, 1.165) is 43.6 Å². The molecule has 2 heterocycles. The van der Waals surface area contributed by atoms with E-state index >= 15 is 0 Å². The number of nitrogens with zero attached hydrogens (tertiary/aromatic N) is 3. The lowest BCUT2D eigenvalue weighted by Gasteiger charge is -2.31. The van der Waals surface area contributed by atoms with Gasteiger partial charge >= 0.3 is 0 Å². The molecule has 0 saturated carbocycles. The van der Waals surface area contributed by atoms with Crippen LogP contribution in [0.25, 0.3) is 11.0 Å². The molecule has 0 spiro atoms. The van der Waals surface area contributed by atoms with Gasteiger partial charge in [-0.2, -0.15) is 0 Å². The van der Waals surface area contributed by atoms with Crippen molar-refractivity contribution in [2.75, 3.05) is 40.0 Å². The zero-order valence-electron chi connectivity index (χ0n) is 14.0. The number of rotatable bonds is 6. The van der Waals surface area contributed by atoms with Crippen LogP contribution in [-0.4, -0.2) is 60.8 Å². The Labute approximate surface area is 141 Å². The molecule has 3 rings (SSSR count). The van der Waals surface area contributed by atoms with E-state index in [-0.39, 0.29) is 5.91 Å². The Bertz CT molecular complexity index is 684. The van der Waals surface area contributed by atoms with Gasteiger partial charge in [0.1, 0.15) is 5.69 Å². The quantitative estimate of drug-likeness (QED) is 0.760. The fourth-order valence-electron chi connectivity index (χ4n) is 2.92. The van der Waals surface area contributed by atoms with Crippen molar-refractivity contribution in [1.29, 1.82) is 0 Å². The molecule has 1 aliphatic rings. The number of amides is 1. The topological polar surface area (TPSA) is 64.6 Å². The van der Waals surface area contributed by atoms with Gasteiger partial charge in [0.2, 0.25) is 0 Å². The molecule has 128 valence electrons. The minimum atomic E-state index is -0.0352. The number of aromatic nitrogens is 2. The number of hydrogen-bond donors (Lipinski definition) is 0. The van der Waals surface area contributed by atoms with Crippen LogP contribution in [0.1, 0.15) is 23.3 Å². The average molecular weight is 329 g/mol. The summed E-state index contributed by atoms with van der Waals surface area (Å²) in [6.07, 6.45) is 3.49. The Morgan fingerprint density at radius 3 is 2.71 bits per heavy atom. The van der Waals surface area contributed by atoms with E-state index in [1.165, 1.54) is 0 Å². The van der Waals surface area contributed by atoms with Crippen LogP contribution < -0.4 is 0 Å². The second-order valence-electron chi connectivity index (χ2n) is 6.05. The molecule has 24 heavy (non-hydrogen) atoms. The van der Waals surface area contributed by atoms with E-state index in [2.05, 4.69) is 9.97 Å². The van der Waals surface area contributed by atoms with Crippen LogP contribution in [0.15, 0.2) is 30.5 Å². The molecule has 1 aromatic carbocycles. The average Bonchev–Trinajstić information content (AvgIpc) is 2.65. The van der Waals surface area contributed by atoms with Gasteiger partial charge in [-0.05, 0) is 30.9 Å². The van der Waals surface area contributed by atoms with Crippen LogP contribution in [0.5, 0.6) is 0 Å². The molecular formula is C18H23N3O3. The molecule has 2 aromatic rings. The third kappa shape index (κ3) is 4.07. The summed E-state index contributed by atoms with van der Waals surface area (Å²) < 4.78 is 10.6. The summed E-state index contributed by atoms with van der Waals surface area (Å²) in [5.41, 5.74) is 1.98. The highest BCUT2D eigenvalue weighted by Crippen LogP contribution is 2.19. The number of likely N-dealkylation sites (tertiary alicyclic amines) is 1. The molecule has 0 radical (unpaired) electrons. The molecule has 1 aliphatic heterocycles. The van der Waals surface area contributed by atoms with E-state index in [1.807, 2.05) is 29.2 Å². The van der Waals surface area contributed by atoms with Crippen LogP contribution in [0.3, 0.4) is 0 Å². The lowest BCUT2D eigenvalue weighted by atomic mass is 9.97. The summed E-state index contributed by atoms with van der Waals surface area (Å²) >= 11 is 0. The fourth-order valence-corrected chi connectivity index (χ4v) is 2.92. The van der Waals surface area contributed by atoms with Gasteiger partial charge < -0.3 is 14.4 Å². The van der Waals surface area contributed by atoms with E-state index in [1.54, 1.807) is 13.3 Å². The molecule has 0 aliphatic carbocycles. The summed E-state index contributed by atoms with van der Waals surface area (Å²) in [5, 5.41) is 0. The number of carbonyl (C=O) groups excluding carboxylic acids is 1. The zero-order chi connectivity index (χ0) is 16.8. The Hall–Kier alpha value is -2.05. The summed E-state index contributed by atoms with van der Waals surface area (Å²) in [6.45, 7) is 3.47. The molecule has 6 nitrogen and oxygen atoms in total. The van der Waals surface area contributed by atoms with Crippen molar-refractivity contribution < 1.29 is 14.3 Å². The standard InChI is InChI=1S/C18H23N3O3/c1-23-10-11-24-13-14-6-8-21(9-7-14)18(22)17-12-19-15-4-2-3-5-16(15)20-17/h2-5,12,14H,6-11,13H2,1H3. The maximum absolute atomic E-state index is 12.6. The number of carbonyl (C=O) groups is 1. The number of piperidine rings is 1. The van der Waals surface area contributed by atoms with Crippen LogP contribution in [0.4, 0.5) is 0 Å². The lowest BCUT2D eigenvalue weighted by Crippen LogP contribution is -2.39. The summed E-state index contributed by atoms with van der Waals surface area (Å²) in [4.78, 5) is 23.3. The number of methoxy groups -OCH3 is 1. The molecule has 0 N–H and O–H groups in total. The maximum atomic E-state index is 12.6. The van der Waals surface area contributed by atoms with Gasteiger partial charge in [-0.25, -0.2) is 4.98 Å². The monoisotopic (exact) mass is 329 g/mol. The molecule has 1 saturated heterocycles. The first kappa shape index (κ1) is 16.8. The summed E-state index contributed by atoms with van der Waals surface area (Å²) in [7, 11) is 1.67. The van der Waals surface area contributed by atoms with Crippen molar-refractivity contribution in [3.63, 3.8) is 0 Å². The normalized spacial score (nSPS) is 15.8. The van der Waals surface area contributed by atoms with Gasteiger partial charge in [-0.15, -0.1) is 0 Å². The maximum Gasteiger partial charge on any atom is 0.274 e. The highest BCUT2D eigenvalue weighted by Gasteiger charge is 2.24. The van der Waals surface area contributed by atoms with Gasteiger partial charge in [-0.3, -0.25) is 9.78 Å². The fraction of sp³-hybridized carbons (Fsp3) is 0.500. The van der Waals surface area contributed by atoms with Crippen LogP contribution in [-0.2, 0) is 9.47 Å². The lowest BCUT2D eigenvalue weighted by molar-refractivity contribution is 0.0326. The zero-order valence-corrected chi connectivity index (χ0v) is 14.0. The third-order valence-electron chi connectivity index (χ3n) is 4.35. The van der Waals surface area contributed by atoms with Crippen molar-refractivity contribution in [2.45, 2.75) is 12.8 Å². The Morgan fingerprint density at radius 1 is 1.21 bits per heavy atom. The predicted octanol–water partition coefficient (Wildman–Crippen LogP) is 2.14. The highest BCUT2D eigenvalue weighted by atomic mass is 16.5. The molecule has 1 aromatic heterocycles. The summed E-state index contributed by atoms with van der Waals surface area (Å²) in [6, 6.07) is 7.59. The Kier molecular flexibility index (Phi) is 5.72. The van der Waals surface area contributed by atoms with Gasteiger partial charge in [0.25, 0.3) is 5.91 Å². The van der Waals surface area contributed by atoms with E-state index in [0.29, 0.717) is 24.8 Å². The molecule has 6 heteroatoms. The van der Waals surface area contributed by atoms with E-state index in [9.17, 15) is 4.79 Å². The molecular weight excluding hydrogens is 306 g/mol. The number of para-hydroxylation sites is 2. The van der Waals surface area contributed by atoms with Gasteiger partial charge in [0.15, 0.2) is 0 Å². The van der Waals surface area contributed by atoms with Crippen LogP contribution in [0.2, 0.25) is 0 Å². The van der Waals surface area contributed by atoms with Gasteiger partial charge in [0.05, 0.1) is 30.4 Å². The first-order valence-electron chi connectivity index (χ1n) is 8.35. The molecule has 1 fully saturated rings. The first-order chi connectivity index (χ1) is 11.8. The number of hydrogen-bond acceptors (Lipinski definition) is 5. The molecule has 0 bridgehead atoms. The largest absolute Gasteiger partial charge is 0.382 e. The van der Waals surface area contributed by atoms with Crippen LogP contribution in [0, 0.1) is 5.92 Å². The van der Waals surface area contributed by atoms with Crippen molar-refractivity contribution in [3.8, 4) is 0 Å². The molecule has 0 unspecified atom stereocenters. The van der Waals surface area contributed by atoms with Crippen molar-refractivity contribution in [1.82, 2.24) is 14.9 Å². The van der Waals surface area contributed by atoms with Crippen LogP contribution >= 0.6 is 0 Å². The smallest absolute Gasteiger partial charge is 0.274 e. The Balaban J connectivity index is 1.54. The van der Waals surface area contributed by atoms with Crippen molar-refractivity contribution >= 4 is 16.9 Å². The number of ether oxygens (including phenoxy) is 2. The summed E-state index contributed by atoms with van der Waals surface area (Å²) in [5.74, 6) is 0.473. The number of benzene rings is 1. The van der Waals surface area contributed by atoms with Gasteiger partial charge in [0, 0.05) is 26.8 Å². The minimum Gasteiger partial charge on any atom is -0.382 e. The highest BCUT2D eigenvalue weighted by molar-refractivity contribution is 5.93. The second kappa shape index (κ2) is 8.17. The van der Waals surface area contributed by atoms with Crippen molar-refractivity contribution in [2.24, 2.45) is 5.92 Å². The van der Waals surface area contributed by atoms with E-state index in [4.69, 9.17) is 9.47 Å².